The van der Waals surface area contributed by atoms with Gasteiger partial charge in [0, 0.05) is 24.0 Å². The van der Waals surface area contributed by atoms with Gasteiger partial charge >= 0.3 is 0 Å². The largest absolute Gasteiger partial charge is 0.489 e. The predicted molar refractivity (Wildman–Crippen MR) is 107 cm³/mol. The van der Waals surface area contributed by atoms with Crippen LogP contribution in [-0.4, -0.2) is 17.4 Å². The highest BCUT2D eigenvalue weighted by Gasteiger charge is 2.06. The number of amides is 1. The van der Waals surface area contributed by atoms with Crippen LogP contribution in [0.15, 0.2) is 85.6 Å². The molecule has 1 amide bonds. The lowest BCUT2D eigenvalue weighted by molar-refractivity contribution is 0.0958. The lowest BCUT2D eigenvalue weighted by atomic mass is 10.2. The molecule has 0 aliphatic carbocycles. The normalized spacial score (nSPS) is 10.1. The summed E-state index contributed by atoms with van der Waals surface area (Å²) in [6.07, 6.45) is 3.24. The standard InChI is InChI=1S/C22H21N3O2/c1-2-13-24-22(26)18-12-14-23-21(15-18)25-19-8-10-20(11-9-19)27-16-17-6-4-3-5-7-17/h2-12,14-15H,1,13,16H2,(H,23,25)(H,24,26). The van der Waals surface area contributed by atoms with E-state index in [1.54, 1.807) is 24.4 Å². The van der Waals surface area contributed by atoms with Crippen molar-refractivity contribution in [1.82, 2.24) is 10.3 Å². The van der Waals surface area contributed by atoms with Gasteiger partial charge in [-0.05, 0) is 42.0 Å². The fraction of sp³-hybridized carbons (Fsp3) is 0.0909. The van der Waals surface area contributed by atoms with E-state index >= 15 is 0 Å². The van der Waals surface area contributed by atoms with Crippen LogP contribution < -0.4 is 15.4 Å². The predicted octanol–water partition coefficient (Wildman–Crippen LogP) is 4.32. The van der Waals surface area contributed by atoms with Crippen LogP contribution in [0.5, 0.6) is 5.75 Å². The second-order valence-electron chi connectivity index (χ2n) is 5.85. The smallest absolute Gasteiger partial charge is 0.251 e. The summed E-state index contributed by atoms with van der Waals surface area (Å²) in [5.41, 5.74) is 2.52. The summed E-state index contributed by atoms with van der Waals surface area (Å²) >= 11 is 0. The Bertz CT molecular complexity index is 893. The van der Waals surface area contributed by atoms with Crippen molar-refractivity contribution in [2.45, 2.75) is 6.61 Å². The molecule has 0 aliphatic rings. The molecule has 5 heteroatoms. The zero-order valence-electron chi connectivity index (χ0n) is 14.9. The van der Waals surface area contributed by atoms with Crippen LogP contribution in [0.3, 0.4) is 0 Å². The maximum Gasteiger partial charge on any atom is 0.251 e. The molecule has 0 saturated carbocycles. The van der Waals surface area contributed by atoms with E-state index in [-0.39, 0.29) is 5.91 Å². The molecule has 0 bridgehead atoms. The Balaban J connectivity index is 1.59. The molecule has 0 aliphatic heterocycles. The maximum absolute atomic E-state index is 12.0. The van der Waals surface area contributed by atoms with Crippen molar-refractivity contribution in [2.24, 2.45) is 0 Å². The zero-order chi connectivity index (χ0) is 18.9. The topological polar surface area (TPSA) is 63.2 Å². The number of carbonyl (C=O) groups excluding carboxylic acids is 1. The highest BCUT2D eigenvalue weighted by atomic mass is 16.5. The Hall–Kier alpha value is -3.60. The van der Waals surface area contributed by atoms with Crippen molar-refractivity contribution >= 4 is 17.4 Å². The van der Waals surface area contributed by atoms with E-state index in [0.29, 0.717) is 24.5 Å². The molecule has 136 valence electrons. The van der Waals surface area contributed by atoms with Gasteiger partial charge in [0.05, 0.1) is 0 Å². The Kier molecular flexibility index (Phi) is 6.20. The Morgan fingerprint density at radius 1 is 1.07 bits per heavy atom. The number of pyridine rings is 1. The Labute approximate surface area is 158 Å². The van der Waals surface area contributed by atoms with Crippen LogP contribution in [-0.2, 0) is 6.61 Å². The van der Waals surface area contributed by atoms with Crippen molar-refractivity contribution < 1.29 is 9.53 Å². The average molecular weight is 359 g/mol. The lowest BCUT2D eigenvalue weighted by Gasteiger charge is -2.10. The fourth-order valence-corrected chi connectivity index (χ4v) is 2.43. The molecule has 1 heterocycles. The van der Waals surface area contributed by atoms with E-state index in [4.69, 9.17) is 4.74 Å². The molecule has 0 unspecified atom stereocenters. The van der Waals surface area contributed by atoms with E-state index < -0.39 is 0 Å². The molecule has 5 nitrogen and oxygen atoms in total. The Morgan fingerprint density at radius 3 is 2.59 bits per heavy atom. The number of ether oxygens (including phenoxy) is 1. The van der Waals surface area contributed by atoms with Gasteiger partial charge in [-0.1, -0.05) is 36.4 Å². The van der Waals surface area contributed by atoms with Crippen LogP contribution in [0.4, 0.5) is 11.5 Å². The molecule has 1 aromatic heterocycles. The molecule has 3 aromatic rings. The monoisotopic (exact) mass is 359 g/mol. The number of aromatic nitrogens is 1. The first kappa shape index (κ1) is 18.2. The summed E-state index contributed by atoms with van der Waals surface area (Å²) in [4.78, 5) is 16.3. The van der Waals surface area contributed by atoms with Gasteiger partial charge in [0.2, 0.25) is 0 Å². The number of benzene rings is 2. The number of nitrogens with zero attached hydrogens (tertiary/aromatic N) is 1. The van der Waals surface area contributed by atoms with Crippen molar-refractivity contribution in [3.8, 4) is 5.75 Å². The summed E-state index contributed by atoms with van der Waals surface area (Å²) in [7, 11) is 0. The van der Waals surface area contributed by atoms with Crippen molar-refractivity contribution in [2.75, 3.05) is 11.9 Å². The summed E-state index contributed by atoms with van der Waals surface area (Å²) in [5, 5.41) is 5.94. The summed E-state index contributed by atoms with van der Waals surface area (Å²) in [5.74, 6) is 1.22. The van der Waals surface area contributed by atoms with Gasteiger partial charge in [0.15, 0.2) is 0 Å². The molecule has 0 radical (unpaired) electrons. The third-order valence-electron chi connectivity index (χ3n) is 3.80. The number of carbonyl (C=O) groups is 1. The Morgan fingerprint density at radius 2 is 1.85 bits per heavy atom. The molecule has 27 heavy (non-hydrogen) atoms. The van der Waals surface area contributed by atoms with Crippen molar-refractivity contribution in [1.29, 1.82) is 0 Å². The number of nitrogens with one attached hydrogen (secondary N) is 2. The zero-order valence-corrected chi connectivity index (χ0v) is 14.9. The molecule has 3 rings (SSSR count). The summed E-state index contributed by atoms with van der Waals surface area (Å²) in [6.45, 7) is 4.54. The van der Waals surface area contributed by atoms with Gasteiger partial charge in [-0.3, -0.25) is 4.79 Å². The molecule has 2 aromatic carbocycles. The van der Waals surface area contributed by atoms with E-state index in [9.17, 15) is 4.79 Å². The maximum atomic E-state index is 12.0. The third kappa shape index (κ3) is 5.44. The van der Waals surface area contributed by atoms with Crippen LogP contribution in [0, 0.1) is 0 Å². The second-order valence-corrected chi connectivity index (χ2v) is 5.85. The van der Waals surface area contributed by atoms with E-state index in [1.807, 2.05) is 54.6 Å². The van der Waals surface area contributed by atoms with Crippen LogP contribution >= 0.6 is 0 Å². The number of hydrogen-bond donors (Lipinski definition) is 2. The quantitative estimate of drug-likeness (QED) is 0.588. The minimum atomic E-state index is -0.162. The molecule has 2 N–H and O–H groups in total. The van der Waals surface area contributed by atoms with Gasteiger partial charge in [0.1, 0.15) is 18.2 Å². The summed E-state index contributed by atoms with van der Waals surface area (Å²) < 4.78 is 5.78. The SMILES string of the molecule is C=CCNC(=O)c1ccnc(Nc2ccc(OCc3ccccc3)cc2)c1. The molecule has 0 atom stereocenters. The van der Waals surface area contributed by atoms with Crippen LogP contribution in [0.2, 0.25) is 0 Å². The first-order valence-corrected chi connectivity index (χ1v) is 8.63. The van der Waals surface area contributed by atoms with E-state index in [1.165, 1.54) is 0 Å². The van der Waals surface area contributed by atoms with Crippen molar-refractivity contribution in [3.63, 3.8) is 0 Å². The second kappa shape index (κ2) is 9.20. The average Bonchev–Trinajstić information content (AvgIpc) is 2.72. The summed E-state index contributed by atoms with van der Waals surface area (Å²) in [6, 6.07) is 21.0. The fourth-order valence-electron chi connectivity index (χ4n) is 2.43. The number of anilines is 2. The van der Waals surface area contributed by atoms with Gasteiger partial charge in [-0.25, -0.2) is 4.98 Å². The highest BCUT2D eigenvalue weighted by Crippen LogP contribution is 2.20. The van der Waals surface area contributed by atoms with E-state index in [0.717, 1.165) is 17.0 Å². The minimum absolute atomic E-state index is 0.162. The van der Waals surface area contributed by atoms with Gasteiger partial charge in [0.25, 0.3) is 5.91 Å². The first-order chi connectivity index (χ1) is 13.2. The molecular formula is C22H21N3O2. The first-order valence-electron chi connectivity index (χ1n) is 8.63. The van der Waals surface area contributed by atoms with Crippen molar-refractivity contribution in [3.05, 3.63) is 96.7 Å². The lowest BCUT2D eigenvalue weighted by Crippen LogP contribution is -2.23. The molecule has 0 fully saturated rings. The molecule has 0 spiro atoms. The molecule has 0 saturated heterocycles. The van der Waals surface area contributed by atoms with Gasteiger partial charge in [-0.15, -0.1) is 6.58 Å². The third-order valence-corrected chi connectivity index (χ3v) is 3.80. The van der Waals surface area contributed by atoms with Crippen LogP contribution in [0.1, 0.15) is 15.9 Å². The minimum Gasteiger partial charge on any atom is -0.489 e. The number of hydrogen-bond acceptors (Lipinski definition) is 4. The van der Waals surface area contributed by atoms with Gasteiger partial charge in [-0.2, -0.15) is 0 Å². The van der Waals surface area contributed by atoms with Crippen LogP contribution in [0.25, 0.3) is 0 Å². The highest BCUT2D eigenvalue weighted by molar-refractivity contribution is 5.95. The molecular weight excluding hydrogens is 338 g/mol. The van der Waals surface area contributed by atoms with E-state index in [2.05, 4.69) is 22.2 Å². The van der Waals surface area contributed by atoms with Gasteiger partial charge < -0.3 is 15.4 Å². The number of rotatable bonds is 8.